The van der Waals surface area contributed by atoms with Crippen molar-refractivity contribution in [2.75, 3.05) is 20.3 Å². The van der Waals surface area contributed by atoms with Crippen LogP contribution in [0.4, 0.5) is 0 Å². The van der Waals surface area contributed by atoms with Crippen molar-refractivity contribution in [2.45, 2.75) is 6.54 Å². The molecule has 0 saturated carbocycles. The van der Waals surface area contributed by atoms with Crippen LogP contribution in [0, 0.1) is 0 Å². The number of benzene rings is 2. The molecule has 0 saturated heterocycles. The van der Waals surface area contributed by atoms with Gasteiger partial charge in [0.05, 0.1) is 25.3 Å². The maximum Gasteiger partial charge on any atom is 0.265 e. The zero-order valence-corrected chi connectivity index (χ0v) is 17.7. The highest BCUT2D eigenvalue weighted by Gasteiger charge is 2.23. The summed E-state index contributed by atoms with van der Waals surface area (Å²) in [6.45, 7) is -0.0982. The predicted molar refractivity (Wildman–Crippen MR) is 120 cm³/mol. The number of H-pyrrole nitrogens is 1. The zero-order chi connectivity index (χ0) is 21.3. The smallest absolute Gasteiger partial charge is 0.265 e. The molecule has 0 unspecified atom stereocenters. The Balaban J connectivity index is 1.71. The van der Waals surface area contributed by atoms with Crippen LogP contribution in [-0.4, -0.2) is 41.2 Å². The third-order valence-corrected chi connectivity index (χ3v) is 6.54. The Hall–Kier alpha value is -2.87. The summed E-state index contributed by atoms with van der Waals surface area (Å²) in [5, 5.41) is 11.5. The van der Waals surface area contributed by atoms with Crippen LogP contribution < -0.4 is 10.3 Å². The normalized spacial score (nSPS) is 11.2. The van der Waals surface area contributed by atoms with Gasteiger partial charge in [-0.05, 0) is 30.3 Å². The van der Waals surface area contributed by atoms with Gasteiger partial charge in [0.25, 0.3) is 11.5 Å². The molecular weight excluding hydrogens is 424 g/mol. The molecule has 154 valence electrons. The van der Waals surface area contributed by atoms with Gasteiger partial charge >= 0.3 is 0 Å². The Morgan fingerprint density at radius 2 is 2.03 bits per heavy atom. The molecule has 2 N–H and O–H groups in total. The topological polar surface area (TPSA) is 82.6 Å². The molecule has 0 radical (unpaired) electrons. The fourth-order valence-electron chi connectivity index (χ4n) is 3.35. The van der Waals surface area contributed by atoms with Gasteiger partial charge in [-0.2, -0.15) is 0 Å². The lowest BCUT2D eigenvalue weighted by molar-refractivity contribution is 0.0712. The van der Waals surface area contributed by atoms with E-state index < -0.39 is 0 Å². The van der Waals surface area contributed by atoms with E-state index in [2.05, 4.69) is 4.98 Å². The van der Waals surface area contributed by atoms with Crippen molar-refractivity contribution in [1.82, 2.24) is 9.88 Å². The molecule has 0 aliphatic heterocycles. The molecule has 0 spiro atoms. The van der Waals surface area contributed by atoms with Crippen molar-refractivity contribution in [3.63, 3.8) is 0 Å². The van der Waals surface area contributed by atoms with E-state index in [0.717, 1.165) is 15.5 Å². The second-order valence-electron chi connectivity index (χ2n) is 6.77. The highest BCUT2D eigenvalue weighted by atomic mass is 35.5. The summed E-state index contributed by atoms with van der Waals surface area (Å²) in [4.78, 5) is 30.5. The number of halogens is 1. The molecular formula is C22H19ClN2O4S. The Labute approximate surface area is 181 Å². The monoisotopic (exact) mass is 442 g/mol. The second-order valence-corrected chi connectivity index (χ2v) is 8.20. The summed E-state index contributed by atoms with van der Waals surface area (Å²) in [6.07, 6.45) is 0. The molecule has 0 aliphatic rings. The summed E-state index contributed by atoms with van der Waals surface area (Å²) in [5.74, 6) is 0.348. The van der Waals surface area contributed by atoms with Crippen LogP contribution in [-0.2, 0) is 6.54 Å². The van der Waals surface area contributed by atoms with Gasteiger partial charge < -0.3 is 19.7 Å². The number of nitrogens with zero attached hydrogens (tertiary/aromatic N) is 1. The van der Waals surface area contributed by atoms with Crippen molar-refractivity contribution in [3.8, 4) is 5.75 Å². The molecule has 2 aromatic heterocycles. The number of methoxy groups -OCH3 is 1. The number of carbonyl (C=O) groups excluding carboxylic acids is 1. The SMILES string of the molecule is COc1ccc2[nH]c(=O)c(CN(CCO)C(=O)c3sc4ccccc4c3Cl)cc2c1. The first kappa shape index (κ1) is 20.4. The van der Waals surface area contributed by atoms with E-state index in [1.807, 2.05) is 30.3 Å². The van der Waals surface area contributed by atoms with Gasteiger partial charge in [0, 0.05) is 33.1 Å². The maximum atomic E-state index is 13.2. The third kappa shape index (κ3) is 3.79. The molecule has 1 amide bonds. The van der Waals surface area contributed by atoms with Crippen LogP contribution in [0.1, 0.15) is 15.2 Å². The number of thiophene rings is 1. The lowest BCUT2D eigenvalue weighted by Crippen LogP contribution is -2.34. The molecule has 6 nitrogen and oxygen atoms in total. The van der Waals surface area contributed by atoms with E-state index in [-0.39, 0.29) is 31.2 Å². The molecule has 4 rings (SSSR count). The number of fused-ring (bicyclic) bond motifs is 2. The van der Waals surface area contributed by atoms with Crippen LogP contribution in [0.2, 0.25) is 5.02 Å². The molecule has 2 aromatic carbocycles. The van der Waals surface area contributed by atoms with Gasteiger partial charge in [-0.1, -0.05) is 29.8 Å². The molecule has 0 aliphatic carbocycles. The standard InChI is InChI=1S/C22H19ClN2O4S/c1-29-15-6-7-17-13(11-15)10-14(21(27)24-17)12-25(8-9-26)22(28)20-19(23)16-4-2-3-5-18(16)30-20/h2-7,10-11,26H,8-9,12H2,1H3,(H,24,27). The first-order valence-corrected chi connectivity index (χ1v) is 10.5. The van der Waals surface area contributed by atoms with E-state index in [4.69, 9.17) is 16.3 Å². The largest absolute Gasteiger partial charge is 0.497 e. The fourth-order valence-corrected chi connectivity index (χ4v) is 4.83. The number of nitrogens with one attached hydrogen (secondary N) is 1. The number of ether oxygens (including phenoxy) is 1. The van der Waals surface area contributed by atoms with Gasteiger partial charge in [-0.3, -0.25) is 9.59 Å². The Morgan fingerprint density at radius 1 is 1.23 bits per heavy atom. The predicted octanol–water partition coefficient (Wildman–Crippen LogP) is 4.04. The summed E-state index contributed by atoms with van der Waals surface area (Å²) in [7, 11) is 1.57. The lowest BCUT2D eigenvalue weighted by atomic mass is 10.1. The number of aromatic amines is 1. The van der Waals surface area contributed by atoms with Gasteiger partial charge in [-0.25, -0.2) is 0 Å². The number of aromatic nitrogens is 1. The van der Waals surface area contributed by atoms with Crippen molar-refractivity contribution in [2.24, 2.45) is 0 Å². The van der Waals surface area contributed by atoms with Crippen LogP contribution in [0.5, 0.6) is 5.75 Å². The van der Waals surface area contributed by atoms with E-state index in [0.29, 0.717) is 26.7 Å². The number of aliphatic hydroxyl groups is 1. The number of rotatable bonds is 6. The molecule has 0 atom stereocenters. The quantitative estimate of drug-likeness (QED) is 0.472. The van der Waals surface area contributed by atoms with Crippen LogP contribution in [0.3, 0.4) is 0 Å². The Kier molecular flexibility index (Phi) is 5.76. The Bertz CT molecular complexity index is 1300. The van der Waals surface area contributed by atoms with E-state index in [9.17, 15) is 14.7 Å². The van der Waals surface area contributed by atoms with Crippen molar-refractivity contribution >= 4 is 49.8 Å². The minimum Gasteiger partial charge on any atom is -0.497 e. The number of carbonyl (C=O) groups is 1. The second kappa shape index (κ2) is 8.47. The molecule has 0 bridgehead atoms. The van der Waals surface area contributed by atoms with Crippen molar-refractivity contribution in [3.05, 3.63) is 74.3 Å². The minimum absolute atomic E-state index is 0.0481. The van der Waals surface area contributed by atoms with Crippen molar-refractivity contribution in [1.29, 1.82) is 0 Å². The average molecular weight is 443 g/mol. The van der Waals surface area contributed by atoms with E-state index in [1.54, 1.807) is 25.3 Å². The number of pyridine rings is 1. The number of hydrogen-bond donors (Lipinski definition) is 2. The van der Waals surface area contributed by atoms with Gasteiger partial charge in [0.2, 0.25) is 0 Å². The van der Waals surface area contributed by atoms with E-state index in [1.165, 1.54) is 16.2 Å². The average Bonchev–Trinajstić information content (AvgIpc) is 3.09. The van der Waals surface area contributed by atoms with Gasteiger partial charge in [0.1, 0.15) is 10.6 Å². The molecule has 8 heteroatoms. The first-order valence-electron chi connectivity index (χ1n) is 9.29. The van der Waals surface area contributed by atoms with Crippen molar-refractivity contribution < 1.29 is 14.6 Å². The van der Waals surface area contributed by atoms with Crippen LogP contribution in [0.25, 0.3) is 21.0 Å². The summed E-state index contributed by atoms with van der Waals surface area (Å²) in [6, 6.07) is 14.6. The maximum absolute atomic E-state index is 13.2. The minimum atomic E-state index is -0.319. The number of hydrogen-bond acceptors (Lipinski definition) is 5. The highest BCUT2D eigenvalue weighted by molar-refractivity contribution is 7.21. The number of aliphatic hydroxyl groups excluding tert-OH is 1. The van der Waals surface area contributed by atoms with Crippen LogP contribution >= 0.6 is 22.9 Å². The van der Waals surface area contributed by atoms with Gasteiger partial charge in [0.15, 0.2) is 0 Å². The molecule has 2 heterocycles. The van der Waals surface area contributed by atoms with E-state index >= 15 is 0 Å². The summed E-state index contributed by atoms with van der Waals surface area (Å²) >= 11 is 7.76. The number of amides is 1. The van der Waals surface area contributed by atoms with Crippen LogP contribution in [0.15, 0.2) is 53.3 Å². The lowest BCUT2D eigenvalue weighted by Gasteiger charge is -2.21. The van der Waals surface area contributed by atoms with Gasteiger partial charge in [-0.15, -0.1) is 11.3 Å². The highest BCUT2D eigenvalue weighted by Crippen LogP contribution is 2.36. The summed E-state index contributed by atoms with van der Waals surface area (Å²) in [5.41, 5.74) is 0.803. The summed E-state index contributed by atoms with van der Waals surface area (Å²) < 4.78 is 6.16. The molecule has 4 aromatic rings. The molecule has 0 fully saturated rings. The zero-order valence-electron chi connectivity index (χ0n) is 16.1. The fraction of sp³-hybridized carbons (Fsp3) is 0.182. The third-order valence-electron chi connectivity index (χ3n) is 4.88. The first-order chi connectivity index (χ1) is 14.5. The molecule has 30 heavy (non-hydrogen) atoms. The Morgan fingerprint density at radius 3 is 2.77 bits per heavy atom.